The van der Waals surface area contributed by atoms with Gasteiger partial charge >= 0.3 is 5.97 Å². The first-order valence-corrected chi connectivity index (χ1v) is 12.1. The second kappa shape index (κ2) is 11.2. The molecule has 9 nitrogen and oxygen atoms in total. The third-order valence-corrected chi connectivity index (χ3v) is 6.26. The van der Waals surface area contributed by atoms with E-state index in [1.807, 2.05) is 6.07 Å². The number of hydrogen-bond acceptors (Lipinski definition) is 7. The maximum absolute atomic E-state index is 14.0. The van der Waals surface area contributed by atoms with Gasteiger partial charge in [0.05, 0.1) is 33.9 Å². The van der Waals surface area contributed by atoms with Gasteiger partial charge in [-0.3, -0.25) is 9.20 Å². The van der Waals surface area contributed by atoms with E-state index in [0.29, 0.717) is 5.56 Å². The number of nitriles is 1. The van der Waals surface area contributed by atoms with E-state index in [1.54, 1.807) is 6.92 Å². The average Bonchev–Trinajstić information content (AvgIpc) is 2.90. The first-order valence-electron chi connectivity index (χ1n) is 11.3. The summed E-state index contributed by atoms with van der Waals surface area (Å²) in [6.45, 7) is 3.05. The van der Waals surface area contributed by atoms with E-state index in [0.717, 1.165) is 4.40 Å². The van der Waals surface area contributed by atoms with Crippen LogP contribution in [-0.4, -0.2) is 31.9 Å². The van der Waals surface area contributed by atoms with Gasteiger partial charge in [0.15, 0.2) is 11.8 Å². The van der Waals surface area contributed by atoms with E-state index in [4.69, 9.17) is 33.2 Å². The largest absolute Gasteiger partial charge is 0.476 e. The Labute approximate surface area is 230 Å². The van der Waals surface area contributed by atoms with Crippen molar-refractivity contribution in [2.45, 2.75) is 32.4 Å². The molecule has 0 bridgehead atoms. The molecule has 0 fully saturated rings. The van der Waals surface area contributed by atoms with Gasteiger partial charge in [-0.25, -0.2) is 18.6 Å². The second-order valence-corrected chi connectivity index (χ2v) is 9.29. The zero-order valence-electron chi connectivity index (χ0n) is 20.3. The number of hydrogen-bond donors (Lipinski definition) is 2. The summed E-state index contributed by atoms with van der Waals surface area (Å²) in [5.41, 5.74) is -0.0358. The van der Waals surface area contributed by atoms with E-state index in [-0.39, 0.29) is 49.8 Å². The molecule has 0 unspecified atom stereocenters. The van der Waals surface area contributed by atoms with E-state index >= 15 is 0 Å². The zero-order chi connectivity index (χ0) is 28.4. The van der Waals surface area contributed by atoms with Crippen LogP contribution in [0, 0.1) is 18.3 Å². The maximum atomic E-state index is 14.0. The van der Waals surface area contributed by atoms with Crippen molar-refractivity contribution in [2.24, 2.45) is 0 Å². The Balaban J connectivity index is 1.80. The van der Waals surface area contributed by atoms with Gasteiger partial charge in [0.25, 0.3) is 12.0 Å². The van der Waals surface area contributed by atoms with Crippen LogP contribution in [0.2, 0.25) is 10.2 Å². The highest BCUT2D eigenvalue weighted by Crippen LogP contribution is 2.31. The van der Waals surface area contributed by atoms with Crippen LogP contribution in [0.3, 0.4) is 0 Å². The van der Waals surface area contributed by atoms with Crippen LogP contribution in [-0.2, 0) is 0 Å². The number of nitrogens with zero attached hydrogens (tertiary/aromatic N) is 4. The molecule has 2 atom stereocenters. The fourth-order valence-corrected chi connectivity index (χ4v) is 4.25. The highest BCUT2D eigenvalue weighted by Gasteiger charge is 2.27. The number of aromatic carboxylic acids is 1. The molecule has 0 saturated heterocycles. The molecule has 0 saturated carbocycles. The number of nitrogens with one attached hydrogen (secondary N) is 1. The quantitative estimate of drug-likeness (QED) is 0.252. The third-order valence-electron chi connectivity index (χ3n) is 5.84. The molecule has 4 rings (SSSR count). The fourth-order valence-electron chi connectivity index (χ4n) is 3.89. The lowest BCUT2D eigenvalue weighted by molar-refractivity contribution is 0.00756. The molecule has 200 valence electrons. The minimum Gasteiger partial charge on any atom is -0.476 e. The molecule has 39 heavy (non-hydrogen) atoms. The molecule has 0 spiro atoms. The minimum atomic E-state index is -2.98. The van der Waals surface area contributed by atoms with Gasteiger partial charge in [0.1, 0.15) is 10.8 Å². The summed E-state index contributed by atoms with van der Waals surface area (Å²) in [6, 6.07) is 11.0. The predicted octanol–water partition coefficient (Wildman–Crippen LogP) is 5.83. The molecule has 0 aliphatic carbocycles. The average molecular weight is 574 g/mol. The van der Waals surface area contributed by atoms with E-state index < -0.39 is 30.1 Å². The van der Waals surface area contributed by atoms with Crippen molar-refractivity contribution in [2.75, 3.05) is 5.32 Å². The van der Waals surface area contributed by atoms with Gasteiger partial charge in [-0.15, -0.1) is 0 Å². The highest BCUT2D eigenvalue weighted by molar-refractivity contribution is 6.30. The Morgan fingerprint density at radius 2 is 1.87 bits per heavy atom. The van der Waals surface area contributed by atoms with Crippen molar-refractivity contribution in [1.29, 1.82) is 5.26 Å². The van der Waals surface area contributed by atoms with Gasteiger partial charge < -0.3 is 15.2 Å². The number of carboxylic acids is 1. The third kappa shape index (κ3) is 5.77. The summed E-state index contributed by atoms with van der Waals surface area (Å²) >= 11 is 12.1. The number of fused-ring (bicyclic) bond motifs is 1. The smallest absolute Gasteiger partial charge is 0.356 e. The number of carboxylic acid groups (broad SMARTS) is 1. The lowest BCUT2D eigenvalue weighted by Crippen LogP contribution is -2.24. The van der Waals surface area contributed by atoms with Crippen molar-refractivity contribution in [3.63, 3.8) is 0 Å². The number of benzene rings is 1. The maximum Gasteiger partial charge on any atom is 0.356 e. The molecular formula is C26H19Cl2F2N5O4. The van der Waals surface area contributed by atoms with Gasteiger partial charge in [-0.2, -0.15) is 10.2 Å². The highest BCUT2D eigenvalue weighted by atomic mass is 35.5. The molecule has 13 heteroatoms. The lowest BCUT2D eigenvalue weighted by Gasteiger charge is -2.22. The van der Waals surface area contributed by atoms with Crippen LogP contribution in [0.1, 0.15) is 51.8 Å². The molecule has 0 radical (unpaired) electrons. The van der Waals surface area contributed by atoms with E-state index in [2.05, 4.69) is 15.3 Å². The summed E-state index contributed by atoms with van der Waals surface area (Å²) in [5, 5.41) is 21.7. The molecule has 0 aliphatic heterocycles. The fraction of sp³-hybridized carbons (Fsp3) is 0.192. The topological polar surface area (TPSA) is 130 Å². The normalized spacial score (nSPS) is 12.7. The summed E-state index contributed by atoms with van der Waals surface area (Å²) in [4.78, 5) is 33.1. The first kappa shape index (κ1) is 27.8. The Morgan fingerprint density at radius 3 is 2.49 bits per heavy atom. The number of aromatic nitrogens is 3. The van der Waals surface area contributed by atoms with Crippen molar-refractivity contribution < 1.29 is 23.4 Å². The summed E-state index contributed by atoms with van der Waals surface area (Å²) in [5.74, 6) is -1.63. The summed E-state index contributed by atoms with van der Waals surface area (Å²) in [6.07, 6.45) is -3.41. The molecule has 0 aliphatic rings. The standard InChI is InChI=1S/C26H19Cl2F2N5O4/c1-12-24(39-21(22(29)30)15-5-3-14(10-31)4-6-15)34-23-17(9-16(27)11-35(23)25(12)36)13(2)32-18-7-8-19(28)33-20(18)26(37)38/h3-9,11,13,21-22,32H,1-2H3,(H,37,38)/t13-,21-/m1/s1. The van der Waals surface area contributed by atoms with Crippen molar-refractivity contribution in [3.05, 3.63) is 97.1 Å². The van der Waals surface area contributed by atoms with Gasteiger partial charge in [-0.1, -0.05) is 35.3 Å². The lowest BCUT2D eigenvalue weighted by atomic mass is 10.1. The van der Waals surface area contributed by atoms with E-state index in [1.165, 1.54) is 55.6 Å². The van der Waals surface area contributed by atoms with Crippen LogP contribution < -0.4 is 15.6 Å². The van der Waals surface area contributed by atoms with Gasteiger partial charge in [-0.05, 0) is 49.7 Å². The molecular weight excluding hydrogens is 555 g/mol. The molecule has 2 N–H and O–H groups in total. The van der Waals surface area contributed by atoms with Crippen LogP contribution in [0.15, 0.2) is 53.5 Å². The Hall–Kier alpha value is -4.27. The SMILES string of the molecule is Cc1c(O[C@H](c2ccc(C#N)cc2)C(F)F)nc2c([C@@H](C)Nc3ccc(Cl)nc3C(=O)O)cc(Cl)cn2c1=O. The number of rotatable bonds is 8. The minimum absolute atomic E-state index is 0.0138. The number of carbonyl (C=O) groups is 1. The van der Waals surface area contributed by atoms with Gasteiger partial charge in [0.2, 0.25) is 5.88 Å². The Bertz CT molecular complexity index is 1670. The summed E-state index contributed by atoms with van der Waals surface area (Å²) < 4.78 is 34.8. The van der Waals surface area contributed by atoms with Gasteiger partial charge in [0, 0.05) is 11.8 Å². The number of alkyl halides is 2. The monoisotopic (exact) mass is 573 g/mol. The summed E-state index contributed by atoms with van der Waals surface area (Å²) in [7, 11) is 0. The first-order chi connectivity index (χ1) is 18.5. The second-order valence-electron chi connectivity index (χ2n) is 8.46. The van der Waals surface area contributed by atoms with Crippen molar-refractivity contribution in [3.8, 4) is 11.9 Å². The molecule has 4 aromatic rings. The van der Waals surface area contributed by atoms with Crippen LogP contribution in [0.5, 0.6) is 5.88 Å². The van der Waals surface area contributed by atoms with Crippen LogP contribution >= 0.6 is 23.2 Å². The molecule has 1 aromatic carbocycles. The van der Waals surface area contributed by atoms with E-state index in [9.17, 15) is 23.5 Å². The molecule has 0 amide bonds. The molecule has 3 aromatic heterocycles. The van der Waals surface area contributed by atoms with Crippen molar-refractivity contribution in [1.82, 2.24) is 14.4 Å². The Kier molecular flexibility index (Phi) is 7.99. The van der Waals surface area contributed by atoms with Crippen LogP contribution in [0.25, 0.3) is 5.65 Å². The molecule has 3 heterocycles. The Morgan fingerprint density at radius 1 is 1.18 bits per heavy atom. The van der Waals surface area contributed by atoms with Crippen LogP contribution in [0.4, 0.5) is 14.5 Å². The predicted molar refractivity (Wildman–Crippen MR) is 140 cm³/mol. The van der Waals surface area contributed by atoms with Crippen molar-refractivity contribution >= 4 is 40.5 Å². The zero-order valence-corrected chi connectivity index (χ0v) is 21.8. The number of halogens is 4. The number of ether oxygens (including phenoxy) is 1. The number of anilines is 1. The number of pyridine rings is 2.